The van der Waals surface area contributed by atoms with Gasteiger partial charge in [0.2, 0.25) is 11.8 Å². The van der Waals surface area contributed by atoms with E-state index in [4.69, 9.17) is 0 Å². The van der Waals surface area contributed by atoms with E-state index >= 15 is 0 Å². The van der Waals surface area contributed by atoms with Gasteiger partial charge >= 0.3 is 0 Å². The number of anilines is 2. The summed E-state index contributed by atoms with van der Waals surface area (Å²) in [6.45, 7) is 3.65. The molecule has 0 saturated carbocycles. The molecule has 0 spiro atoms. The molecule has 1 N–H and O–H groups in total. The Labute approximate surface area is 204 Å². The van der Waals surface area contributed by atoms with E-state index in [-0.39, 0.29) is 24.1 Å². The van der Waals surface area contributed by atoms with E-state index in [0.29, 0.717) is 29.9 Å². The molecular formula is C28H27N3O4. The van der Waals surface area contributed by atoms with E-state index in [1.807, 2.05) is 49.4 Å². The first-order valence-electron chi connectivity index (χ1n) is 11.5. The number of hydrogen-bond donors (Lipinski definition) is 1. The van der Waals surface area contributed by atoms with Crippen LogP contribution in [0.1, 0.15) is 34.8 Å². The molecule has 178 valence electrons. The maximum Gasteiger partial charge on any atom is 0.257 e. The van der Waals surface area contributed by atoms with Gasteiger partial charge in [-0.3, -0.25) is 19.2 Å². The maximum atomic E-state index is 13.5. The standard InChI is InChI=1S/C28H27N3O4/c1-19-8-10-22(11-9-19)27(34)30(17-16-21-6-4-3-5-7-21)25-18-26(33)31(28(25)35)24-14-12-23(13-15-24)29-20(2)32/h3-15,25H,16-18H2,1-2H3,(H,29,32). The number of carbonyl (C=O) groups excluding carboxylic acids is 4. The van der Waals surface area contributed by atoms with Crippen molar-refractivity contribution in [1.29, 1.82) is 0 Å². The third kappa shape index (κ3) is 5.46. The van der Waals surface area contributed by atoms with Gasteiger partial charge in [-0.25, -0.2) is 4.90 Å². The van der Waals surface area contributed by atoms with E-state index in [9.17, 15) is 19.2 Å². The number of imide groups is 1. The second-order valence-electron chi connectivity index (χ2n) is 8.62. The molecule has 1 fully saturated rings. The van der Waals surface area contributed by atoms with Crippen LogP contribution in [-0.4, -0.2) is 41.1 Å². The number of nitrogens with one attached hydrogen (secondary N) is 1. The van der Waals surface area contributed by atoms with Crippen molar-refractivity contribution in [3.63, 3.8) is 0 Å². The SMILES string of the molecule is CC(=O)Nc1ccc(N2C(=O)CC(N(CCc3ccccc3)C(=O)c3ccc(C)cc3)C2=O)cc1. The first-order chi connectivity index (χ1) is 16.8. The van der Waals surface area contributed by atoms with E-state index in [1.165, 1.54) is 11.8 Å². The van der Waals surface area contributed by atoms with Gasteiger partial charge in [-0.05, 0) is 55.3 Å². The zero-order valence-electron chi connectivity index (χ0n) is 19.7. The average Bonchev–Trinajstić information content (AvgIpc) is 3.14. The maximum absolute atomic E-state index is 13.5. The molecule has 0 radical (unpaired) electrons. The summed E-state index contributed by atoms with van der Waals surface area (Å²) >= 11 is 0. The molecule has 7 heteroatoms. The van der Waals surface area contributed by atoms with Gasteiger partial charge in [-0.1, -0.05) is 48.0 Å². The zero-order chi connectivity index (χ0) is 24.9. The first kappa shape index (κ1) is 23.9. The van der Waals surface area contributed by atoms with E-state index in [1.54, 1.807) is 36.4 Å². The second kappa shape index (κ2) is 10.3. The fraction of sp³-hybridized carbons (Fsp3) is 0.214. The fourth-order valence-corrected chi connectivity index (χ4v) is 4.18. The molecule has 1 aliphatic rings. The number of rotatable bonds is 7. The second-order valence-corrected chi connectivity index (χ2v) is 8.62. The molecule has 0 aliphatic carbocycles. The van der Waals surface area contributed by atoms with Crippen LogP contribution in [0, 0.1) is 6.92 Å². The van der Waals surface area contributed by atoms with Gasteiger partial charge in [0.25, 0.3) is 11.8 Å². The lowest BCUT2D eigenvalue weighted by atomic mass is 10.1. The van der Waals surface area contributed by atoms with Crippen molar-refractivity contribution in [2.75, 3.05) is 16.8 Å². The molecule has 1 unspecified atom stereocenters. The lowest BCUT2D eigenvalue weighted by Gasteiger charge is -2.28. The van der Waals surface area contributed by atoms with Crippen molar-refractivity contribution >= 4 is 35.0 Å². The molecule has 4 rings (SSSR count). The minimum absolute atomic E-state index is 0.0847. The molecule has 0 aromatic heterocycles. The lowest BCUT2D eigenvalue weighted by Crippen LogP contribution is -2.46. The Morgan fingerprint density at radius 1 is 0.943 bits per heavy atom. The predicted molar refractivity (Wildman–Crippen MR) is 134 cm³/mol. The summed E-state index contributed by atoms with van der Waals surface area (Å²) in [5, 5.41) is 2.66. The smallest absolute Gasteiger partial charge is 0.257 e. The third-order valence-corrected chi connectivity index (χ3v) is 5.99. The molecular weight excluding hydrogens is 442 g/mol. The van der Waals surface area contributed by atoms with Crippen LogP contribution in [0.4, 0.5) is 11.4 Å². The van der Waals surface area contributed by atoms with Crippen molar-refractivity contribution < 1.29 is 19.2 Å². The van der Waals surface area contributed by atoms with Crippen molar-refractivity contribution in [3.8, 4) is 0 Å². The normalized spacial score (nSPS) is 15.3. The number of aryl methyl sites for hydroxylation is 1. The Morgan fingerprint density at radius 2 is 1.60 bits per heavy atom. The minimum atomic E-state index is -0.893. The molecule has 1 atom stereocenters. The summed E-state index contributed by atoms with van der Waals surface area (Å²) in [4.78, 5) is 53.8. The highest BCUT2D eigenvalue weighted by Crippen LogP contribution is 2.28. The largest absolute Gasteiger partial charge is 0.326 e. The summed E-state index contributed by atoms with van der Waals surface area (Å²) in [7, 11) is 0. The van der Waals surface area contributed by atoms with Gasteiger partial charge in [0.15, 0.2) is 0 Å². The Balaban J connectivity index is 1.60. The van der Waals surface area contributed by atoms with E-state index in [2.05, 4.69) is 5.32 Å². The summed E-state index contributed by atoms with van der Waals surface area (Å²) < 4.78 is 0. The molecule has 1 aliphatic heterocycles. The van der Waals surface area contributed by atoms with Crippen LogP contribution >= 0.6 is 0 Å². The quantitative estimate of drug-likeness (QED) is 0.531. The summed E-state index contributed by atoms with van der Waals surface area (Å²) in [5.41, 5.74) is 3.51. The van der Waals surface area contributed by atoms with Crippen molar-refractivity contribution in [2.24, 2.45) is 0 Å². The molecule has 3 aromatic rings. The predicted octanol–water partition coefficient (Wildman–Crippen LogP) is 3.97. The van der Waals surface area contributed by atoms with E-state index in [0.717, 1.165) is 16.0 Å². The van der Waals surface area contributed by atoms with Crippen LogP contribution < -0.4 is 10.2 Å². The first-order valence-corrected chi connectivity index (χ1v) is 11.5. The molecule has 4 amide bonds. The van der Waals surface area contributed by atoms with Crippen molar-refractivity contribution in [3.05, 3.63) is 95.6 Å². The molecule has 3 aromatic carbocycles. The van der Waals surface area contributed by atoms with Crippen molar-refractivity contribution in [1.82, 2.24) is 4.90 Å². The van der Waals surface area contributed by atoms with Crippen LogP contribution in [0.5, 0.6) is 0 Å². The number of benzene rings is 3. The highest BCUT2D eigenvalue weighted by Gasteiger charge is 2.44. The Morgan fingerprint density at radius 3 is 2.23 bits per heavy atom. The molecule has 7 nitrogen and oxygen atoms in total. The molecule has 0 bridgehead atoms. The molecule has 1 saturated heterocycles. The van der Waals surface area contributed by atoms with Crippen LogP contribution in [0.15, 0.2) is 78.9 Å². The number of amides is 4. The number of nitrogens with zero attached hydrogens (tertiary/aromatic N) is 2. The zero-order valence-corrected chi connectivity index (χ0v) is 19.7. The third-order valence-electron chi connectivity index (χ3n) is 5.99. The number of carbonyl (C=O) groups is 4. The van der Waals surface area contributed by atoms with Crippen LogP contribution in [0.3, 0.4) is 0 Å². The highest BCUT2D eigenvalue weighted by molar-refractivity contribution is 6.23. The van der Waals surface area contributed by atoms with E-state index < -0.39 is 11.9 Å². The minimum Gasteiger partial charge on any atom is -0.326 e. The highest BCUT2D eigenvalue weighted by atomic mass is 16.2. The monoisotopic (exact) mass is 469 g/mol. The van der Waals surface area contributed by atoms with Gasteiger partial charge in [-0.15, -0.1) is 0 Å². The van der Waals surface area contributed by atoms with Gasteiger partial charge in [0.1, 0.15) is 6.04 Å². The van der Waals surface area contributed by atoms with Gasteiger partial charge < -0.3 is 10.2 Å². The van der Waals surface area contributed by atoms with Crippen molar-refractivity contribution in [2.45, 2.75) is 32.7 Å². The number of hydrogen-bond acceptors (Lipinski definition) is 4. The van der Waals surface area contributed by atoms with Gasteiger partial charge in [0.05, 0.1) is 12.1 Å². The summed E-state index contributed by atoms with van der Waals surface area (Å²) in [5.74, 6) is -1.30. The van der Waals surface area contributed by atoms with Crippen LogP contribution in [0.2, 0.25) is 0 Å². The fourth-order valence-electron chi connectivity index (χ4n) is 4.18. The lowest BCUT2D eigenvalue weighted by molar-refractivity contribution is -0.122. The Hall–Kier alpha value is -4.26. The Kier molecular flexibility index (Phi) is 7.06. The van der Waals surface area contributed by atoms with Gasteiger partial charge in [0, 0.05) is 24.7 Å². The van der Waals surface area contributed by atoms with Crippen LogP contribution in [0.25, 0.3) is 0 Å². The van der Waals surface area contributed by atoms with Gasteiger partial charge in [-0.2, -0.15) is 0 Å². The van der Waals surface area contributed by atoms with Crippen LogP contribution in [-0.2, 0) is 20.8 Å². The molecule has 1 heterocycles. The summed E-state index contributed by atoms with van der Waals surface area (Å²) in [6, 6.07) is 22.5. The topological polar surface area (TPSA) is 86.8 Å². The Bertz CT molecular complexity index is 1240. The average molecular weight is 470 g/mol. The summed E-state index contributed by atoms with van der Waals surface area (Å²) in [6.07, 6.45) is 0.473. The molecule has 35 heavy (non-hydrogen) atoms.